The molecule has 4 heteroatoms. The summed E-state index contributed by atoms with van der Waals surface area (Å²) in [7, 11) is 1.78. The minimum Gasteiger partial charge on any atom is -0.316 e. The molecule has 1 unspecified atom stereocenters. The third-order valence-electron chi connectivity index (χ3n) is 3.70. The van der Waals surface area contributed by atoms with E-state index in [1.807, 2.05) is 36.4 Å². The second-order valence-electron chi connectivity index (χ2n) is 4.99. The molecular weight excluding hydrogens is 250 g/mol. The Kier molecular flexibility index (Phi) is 3.24. The van der Waals surface area contributed by atoms with Gasteiger partial charge in [0.15, 0.2) is 6.17 Å². The van der Waals surface area contributed by atoms with Crippen LogP contribution in [0, 0.1) is 0 Å². The van der Waals surface area contributed by atoms with Gasteiger partial charge in [-0.15, -0.1) is 0 Å². The van der Waals surface area contributed by atoms with Crippen molar-refractivity contribution in [2.24, 2.45) is 10.7 Å². The van der Waals surface area contributed by atoms with E-state index in [0.29, 0.717) is 0 Å². The molecule has 1 heterocycles. The molecular formula is C16H17N3O. The summed E-state index contributed by atoms with van der Waals surface area (Å²) in [5.41, 5.74) is 9.73. The first-order valence-corrected chi connectivity index (χ1v) is 6.75. The topological polar surface area (TPSA) is 58.7 Å². The van der Waals surface area contributed by atoms with Gasteiger partial charge in [0.2, 0.25) is 0 Å². The smallest absolute Gasteiger partial charge is 0.265 e. The molecule has 0 saturated carbocycles. The Morgan fingerprint density at radius 1 is 1.30 bits per heavy atom. The molecule has 0 aromatic heterocycles. The SMILES string of the molecule is CN1C(=O)C(N)N=C(c2ccccc2)C2=C1CCC=C2. The normalized spacial score (nSPS) is 22.5. The van der Waals surface area contributed by atoms with Crippen molar-refractivity contribution in [2.75, 3.05) is 7.05 Å². The van der Waals surface area contributed by atoms with Crippen LogP contribution in [-0.2, 0) is 4.79 Å². The molecule has 1 aromatic rings. The Balaban J connectivity index is 2.19. The molecule has 102 valence electrons. The maximum absolute atomic E-state index is 12.2. The largest absolute Gasteiger partial charge is 0.316 e. The Hall–Kier alpha value is -2.20. The number of hydrogen-bond donors (Lipinski definition) is 1. The molecule has 0 spiro atoms. The maximum atomic E-state index is 12.2. The van der Waals surface area contributed by atoms with Gasteiger partial charge in [0, 0.05) is 23.9 Å². The lowest BCUT2D eigenvalue weighted by atomic mass is 9.94. The van der Waals surface area contributed by atoms with E-state index in [-0.39, 0.29) is 5.91 Å². The second kappa shape index (κ2) is 5.06. The second-order valence-corrected chi connectivity index (χ2v) is 4.99. The summed E-state index contributed by atoms with van der Waals surface area (Å²) in [6, 6.07) is 9.88. The molecule has 20 heavy (non-hydrogen) atoms. The van der Waals surface area contributed by atoms with Gasteiger partial charge in [-0.2, -0.15) is 0 Å². The van der Waals surface area contributed by atoms with E-state index in [1.165, 1.54) is 0 Å². The summed E-state index contributed by atoms with van der Waals surface area (Å²) < 4.78 is 0. The lowest BCUT2D eigenvalue weighted by molar-refractivity contribution is -0.129. The minimum absolute atomic E-state index is 0.154. The molecule has 4 nitrogen and oxygen atoms in total. The molecule has 3 rings (SSSR count). The molecule has 0 bridgehead atoms. The summed E-state index contributed by atoms with van der Waals surface area (Å²) in [5, 5.41) is 0. The quantitative estimate of drug-likeness (QED) is 0.844. The summed E-state index contributed by atoms with van der Waals surface area (Å²) in [6.45, 7) is 0. The van der Waals surface area contributed by atoms with Gasteiger partial charge in [0.1, 0.15) is 0 Å². The van der Waals surface area contributed by atoms with Crippen molar-refractivity contribution in [2.45, 2.75) is 19.0 Å². The fourth-order valence-corrected chi connectivity index (χ4v) is 2.64. The van der Waals surface area contributed by atoms with Crippen LogP contribution in [0.2, 0.25) is 0 Å². The monoisotopic (exact) mass is 267 g/mol. The zero-order chi connectivity index (χ0) is 14.1. The molecule has 2 N–H and O–H groups in total. The summed E-state index contributed by atoms with van der Waals surface area (Å²) in [5.74, 6) is -0.154. The van der Waals surface area contributed by atoms with Crippen molar-refractivity contribution in [1.29, 1.82) is 0 Å². The van der Waals surface area contributed by atoms with Crippen LogP contribution in [0.15, 0.2) is 58.7 Å². The van der Waals surface area contributed by atoms with Crippen molar-refractivity contribution < 1.29 is 4.79 Å². The van der Waals surface area contributed by atoms with E-state index in [0.717, 1.165) is 35.4 Å². The highest BCUT2D eigenvalue weighted by molar-refractivity contribution is 6.16. The number of rotatable bonds is 1. The molecule has 2 aliphatic rings. The van der Waals surface area contributed by atoms with Gasteiger partial charge in [-0.1, -0.05) is 42.5 Å². The highest BCUT2D eigenvalue weighted by Gasteiger charge is 2.29. The number of benzene rings is 1. The Morgan fingerprint density at radius 2 is 2.05 bits per heavy atom. The highest BCUT2D eigenvalue weighted by Crippen LogP contribution is 2.28. The van der Waals surface area contributed by atoms with Crippen molar-refractivity contribution in [3.05, 3.63) is 59.3 Å². The van der Waals surface area contributed by atoms with Gasteiger partial charge in [-0.3, -0.25) is 9.79 Å². The number of hydrogen-bond acceptors (Lipinski definition) is 3. The van der Waals surface area contributed by atoms with Crippen LogP contribution in [0.4, 0.5) is 0 Å². The number of amides is 1. The first-order valence-electron chi connectivity index (χ1n) is 6.75. The number of likely N-dealkylation sites (N-methyl/N-ethyl adjacent to an activating group) is 1. The fraction of sp³-hybridized carbons (Fsp3) is 0.250. The highest BCUT2D eigenvalue weighted by atomic mass is 16.2. The van der Waals surface area contributed by atoms with E-state index in [2.05, 4.69) is 11.1 Å². The van der Waals surface area contributed by atoms with Crippen molar-refractivity contribution in [3.8, 4) is 0 Å². The Bertz CT molecular complexity index is 628. The van der Waals surface area contributed by atoms with Crippen LogP contribution < -0.4 is 5.73 Å². The van der Waals surface area contributed by atoms with Gasteiger partial charge >= 0.3 is 0 Å². The number of carbonyl (C=O) groups is 1. The number of allylic oxidation sites excluding steroid dienone is 4. The van der Waals surface area contributed by atoms with Gasteiger partial charge in [0.05, 0.1) is 5.71 Å². The summed E-state index contributed by atoms with van der Waals surface area (Å²) in [4.78, 5) is 18.3. The Morgan fingerprint density at radius 3 is 2.80 bits per heavy atom. The lowest BCUT2D eigenvalue weighted by Crippen LogP contribution is -2.39. The predicted molar refractivity (Wildman–Crippen MR) is 79.1 cm³/mol. The van der Waals surface area contributed by atoms with Crippen molar-refractivity contribution in [1.82, 2.24) is 4.90 Å². The van der Waals surface area contributed by atoms with E-state index in [9.17, 15) is 4.79 Å². The third-order valence-corrected chi connectivity index (χ3v) is 3.70. The molecule has 0 saturated heterocycles. The first kappa shape index (κ1) is 12.8. The van der Waals surface area contributed by atoms with Gasteiger partial charge in [-0.05, 0) is 12.8 Å². The van der Waals surface area contributed by atoms with Crippen LogP contribution in [0.25, 0.3) is 0 Å². The van der Waals surface area contributed by atoms with Gasteiger partial charge in [-0.25, -0.2) is 0 Å². The zero-order valence-electron chi connectivity index (χ0n) is 11.4. The number of carbonyl (C=O) groups excluding carboxylic acids is 1. The van der Waals surface area contributed by atoms with Crippen LogP contribution >= 0.6 is 0 Å². The van der Waals surface area contributed by atoms with Crippen LogP contribution in [-0.4, -0.2) is 29.7 Å². The van der Waals surface area contributed by atoms with E-state index in [4.69, 9.17) is 5.73 Å². The minimum atomic E-state index is -0.839. The molecule has 1 aliphatic heterocycles. The fourth-order valence-electron chi connectivity index (χ4n) is 2.64. The lowest BCUT2D eigenvalue weighted by Gasteiger charge is -2.23. The summed E-state index contributed by atoms with van der Waals surface area (Å²) >= 11 is 0. The molecule has 1 aromatic carbocycles. The van der Waals surface area contributed by atoms with Crippen LogP contribution in [0.1, 0.15) is 18.4 Å². The van der Waals surface area contributed by atoms with Gasteiger partial charge in [0.25, 0.3) is 5.91 Å². The molecule has 1 aliphatic carbocycles. The van der Waals surface area contributed by atoms with Gasteiger partial charge < -0.3 is 10.6 Å². The number of nitrogens with zero attached hydrogens (tertiary/aromatic N) is 2. The molecule has 1 atom stereocenters. The standard InChI is InChI=1S/C16H17N3O/c1-19-13-10-6-5-9-12(13)14(18-15(17)16(19)20)11-7-3-2-4-8-11/h2-5,7-9,15H,6,10,17H2,1H3. The Labute approximate surface area is 118 Å². The summed E-state index contributed by atoms with van der Waals surface area (Å²) in [6.07, 6.45) is 5.11. The third kappa shape index (κ3) is 2.08. The number of nitrogens with two attached hydrogens (primary N) is 1. The van der Waals surface area contributed by atoms with Crippen LogP contribution in [0.5, 0.6) is 0 Å². The zero-order valence-corrected chi connectivity index (χ0v) is 11.4. The van der Waals surface area contributed by atoms with Crippen molar-refractivity contribution in [3.63, 3.8) is 0 Å². The average molecular weight is 267 g/mol. The van der Waals surface area contributed by atoms with Crippen molar-refractivity contribution >= 4 is 11.6 Å². The first-order chi connectivity index (χ1) is 9.68. The molecule has 0 radical (unpaired) electrons. The van der Waals surface area contributed by atoms with E-state index in [1.54, 1.807) is 11.9 Å². The number of aliphatic imine (C=N–C) groups is 1. The van der Waals surface area contributed by atoms with Crippen LogP contribution in [0.3, 0.4) is 0 Å². The average Bonchev–Trinajstić information content (AvgIpc) is 2.60. The van der Waals surface area contributed by atoms with E-state index >= 15 is 0 Å². The molecule has 1 amide bonds. The molecule has 0 fully saturated rings. The predicted octanol–water partition coefficient (Wildman–Crippen LogP) is 1.84. The maximum Gasteiger partial charge on any atom is 0.265 e. The van der Waals surface area contributed by atoms with E-state index < -0.39 is 6.17 Å².